The Balaban J connectivity index is 1.62. The smallest absolute Gasteiger partial charge is 0.340 e. The number of nitrogens with one attached hydrogen (secondary N) is 1. The topological polar surface area (TPSA) is 112 Å². The van der Waals surface area contributed by atoms with Crippen LogP contribution in [0, 0.1) is 0 Å². The molecular formula is C22H19N3O6. The van der Waals surface area contributed by atoms with Gasteiger partial charge in [-0.25, -0.2) is 9.78 Å². The number of hydrogen-bond donors (Lipinski definition) is 2. The van der Waals surface area contributed by atoms with Crippen molar-refractivity contribution in [1.29, 1.82) is 0 Å². The fourth-order valence-electron chi connectivity index (χ4n) is 4.63. The molecule has 3 aliphatic heterocycles. The summed E-state index contributed by atoms with van der Waals surface area (Å²) in [5.41, 5.74) is 4.41. The van der Waals surface area contributed by atoms with E-state index in [1.807, 2.05) is 19.2 Å². The second-order valence-electron chi connectivity index (χ2n) is 7.86. The van der Waals surface area contributed by atoms with Gasteiger partial charge in [0.2, 0.25) is 6.79 Å². The Labute approximate surface area is 176 Å². The fourth-order valence-corrected chi connectivity index (χ4v) is 4.63. The number of cyclic esters (lactones) is 1. The largest absolute Gasteiger partial charge is 0.458 e. The molecule has 0 amide bonds. The SMILES string of the molecule is CNCCc1c2c(nc3cc4c(cc13)OCO4)-c1cc3c(c(=O)n1C2)COC(=O)[C@H]3O. The van der Waals surface area contributed by atoms with Crippen molar-refractivity contribution in [1.82, 2.24) is 14.9 Å². The molecule has 9 heteroatoms. The second-order valence-corrected chi connectivity index (χ2v) is 7.86. The van der Waals surface area contributed by atoms with E-state index in [0.717, 1.165) is 35.0 Å². The number of aliphatic hydroxyl groups is 1. The van der Waals surface area contributed by atoms with Crippen LogP contribution in [0.15, 0.2) is 23.0 Å². The van der Waals surface area contributed by atoms with Crippen molar-refractivity contribution in [2.45, 2.75) is 25.7 Å². The molecule has 6 rings (SSSR count). The summed E-state index contributed by atoms with van der Waals surface area (Å²) >= 11 is 0. The molecule has 9 nitrogen and oxygen atoms in total. The van der Waals surface area contributed by atoms with Gasteiger partial charge < -0.3 is 29.2 Å². The number of fused-ring (bicyclic) bond motifs is 6. The Bertz CT molecular complexity index is 1350. The van der Waals surface area contributed by atoms with E-state index in [2.05, 4.69) is 5.32 Å². The zero-order valence-corrected chi connectivity index (χ0v) is 16.7. The lowest BCUT2D eigenvalue weighted by Gasteiger charge is -2.21. The van der Waals surface area contributed by atoms with Gasteiger partial charge in [0.25, 0.3) is 5.56 Å². The Morgan fingerprint density at radius 3 is 2.77 bits per heavy atom. The first kappa shape index (κ1) is 18.3. The molecule has 1 atom stereocenters. The summed E-state index contributed by atoms with van der Waals surface area (Å²) in [4.78, 5) is 29.9. The van der Waals surface area contributed by atoms with Gasteiger partial charge >= 0.3 is 5.97 Å². The number of benzene rings is 1. The first-order chi connectivity index (χ1) is 15.1. The number of aromatic nitrogens is 2. The molecule has 3 aromatic rings. The van der Waals surface area contributed by atoms with E-state index in [1.165, 1.54) is 0 Å². The minimum Gasteiger partial charge on any atom is -0.458 e. The Morgan fingerprint density at radius 2 is 1.97 bits per heavy atom. The zero-order chi connectivity index (χ0) is 21.3. The number of carbonyl (C=O) groups excluding carboxylic acids is 1. The fraction of sp³-hybridized carbons (Fsp3) is 0.318. The van der Waals surface area contributed by atoms with Gasteiger partial charge in [-0.15, -0.1) is 0 Å². The number of likely N-dealkylation sites (N-methyl/N-ethyl adjacent to an activating group) is 1. The number of nitrogens with zero attached hydrogens (tertiary/aromatic N) is 2. The average Bonchev–Trinajstić information content (AvgIpc) is 3.37. The molecular weight excluding hydrogens is 402 g/mol. The molecule has 0 fully saturated rings. The normalized spacial score (nSPS) is 18.0. The van der Waals surface area contributed by atoms with Gasteiger partial charge in [-0.05, 0) is 37.7 Å². The molecule has 0 aliphatic carbocycles. The lowest BCUT2D eigenvalue weighted by molar-refractivity contribution is -0.157. The number of pyridine rings is 2. The third-order valence-electron chi connectivity index (χ3n) is 6.19. The van der Waals surface area contributed by atoms with Crippen LogP contribution in [0.2, 0.25) is 0 Å². The van der Waals surface area contributed by atoms with Crippen LogP contribution in [0.5, 0.6) is 11.5 Å². The summed E-state index contributed by atoms with van der Waals surface area (Å²) in [6, 6.07) is 5.50. The maximum absolute atomic E-state index is 13.2. The van der Waals surface area contributed by atoms with Gasteiger partial charge in [-0.2, -0.15) is 0 Å². The van der Waals surface area contributed by atoms with Crippen molar-refractivity contribution in [3.05, 3.63) is 50.8 Å². The highest BCUT2D eigenvalue weighted by atomic mass is 16.7. The van der Waals surface area contributed by atoms with E-state index in [4.69, 9.17) is 19.2 Å². The van der Waals surface area contributed by atoms with Gasteiger partial charge in [-0.1, -0.05) is 0 Å². The minimum absolute atomic E-state index is 0.135. The van der Waals surface area contributed by atoms with Crippen LogP contribution >= 0.6 is 0 Å². The number of rotatable bonds is 3. The Kier molecular flexibility index (Phi) is 3.87. The molecule has 0 spiro atoms. The predicted molar refractivity (Wildman–Crippen MR) is 109 cm³/mol. The molecule has 0 saturated carbocycles. The highest BCUT2D eigenvalue weighted by molar-refractivity contribution is 5.91. The van der Waals surface area contributed by atoms with Crippen LogP contribution in [0.4, 0.5) is 0 Å². The highest BCUT2D eigenvalue weighted by Crippen LogP contribution is 2.42. The van der Waals surface area contributed by atoms with Crippen LogP contribution < -0.4 is 20.3 Å². The molecule has 158 valence electrons. The number of esters is 1. The average molecular weight is 421 g/mol. The molecule has 0 unspecified atom stereocenters. The number of hydrogen-bond acceptors (Lipinski definition) is 8. The summed E-state index contributed by atoms with van der Waals surface area (Å²) in [6.07, 6.45) is -0.728. The Hall–Kier alpha value is -3.43. The van der Waals surface area contributed by atoms with Crippen molar-refractivity contribution in [2.24, 2.45) is 0 Å². The molecule has 0 saturated heterocycles. The maximum atomic E-state index is 13.2. The monoisotopic (exact) mass is 421 g/mol. The lowest BCUT2D eigenvalue weighted by Crippen LogP contribution is -2.32. The molecule has 2 N–H and O–H groups in total. The van der Waals surface area contributed by atoms with E-state index in [-0.39, 0.29) is 19.0 Å². The first-order valence-corrected chi connectivity index (χ1v) is 10.1. The van der Waals surface area contributed by atoms with Gasteiger partial charge in [0.15, 0.2) is 17.6 Å². The number of aliphatic hydroxyl groups excluding tert-OH is 1. The molecule has 31 heavy (non-hydrogen) atoms. The van der Waals surface area contributed by atoms with Crippen molar-refractivity contribution in [3.8, 4) is 22.9 Å². The molecule has 0 bridgehead atoms. The van der Waals surface area contributed by atoms with Crippen molar-refractivity contribution >= 4 is 16.9 Å². The van der Waals surface area contributed by atoms with Crippen molar-refractivity contribution < 1.29 is 24.1 Å². The molecule has 2 aromatic heterocycles. The summed E-state index contributed by atoms with van der Waals surface area (Å²) in [5.74, 6) is 0.573. The van der Waals surface area contributed by atoms with Gasteiger partial charge in [0, 0.05) is 22.6 Å². The van der Waals surface area contributed by atoms with Crippen LogP contribution in [0.1, 0.15) is 28.4 Å². The minimum atomic E-state index is -1.47. The van der Waals surface area contributed by atoms with Gasteiger partial charge in [0.1, 0.15) is 6.61 Å². The first-order valence-electron chi connectivity index (χ1n) is 10.1. The van der Waals surface area contributed by atoms with Crippen LogP contribution in [-0.2, 0) is 29.1 Å². The van der Waals surface area contributed by atoms with Crippen molar-refractivity contribution in [3.63, 3.8) is 0 Å². The van der Waals surface area contributed by atoms with Crippen LogP contribution in [0.3, 0.4) is 0 Å². The Morgan fingerprint density at radius 1 is 1.16 bits per heavy atom. The number of carbonyl (C=O) groups is 1. The summed E-state index contributed by atoms with van der Waals surface area (Å²) in [5, 5.41) is 14.4. The quantitative estimate of drug-likeness (QED) is 0.472. The van der Waals surface area contributed by atoms with Crippen molar-refractivity contribution in [2.75, 3.05) is 20.4 Å². The molecule has 1 aromatic carbocycles. The lowest BCUT2D eigenvalue weighted by atomic mass is 9.96. The second kappa shape index (κ2) is 6.53. The van der Waals surface area contributed by atoms with Crippen LogP contribution in [0.25, 0.3) is 22.3 Å². The maximum Gasteiger partial charge on any atom is 0.340 e. The molecule has 3 aliphatic rings. The molecule has 0 radical (unpaired) electrons. The van der Waals surface area contributed by atoms with Gasteiger partial charge in [-0.3, -0.25) is 4.79 Å². The molecule has 5 heterocycles. The highest BCUT2D eigenvalue weighted by Gasteiger charge is 2.34. The summed E-state index contributed by atoms with van der Waals surface area (Å²) in [7, 11) is 1.89. The van der Waals surface area contributed by atoms with E-state index in [9.17, 15) is 14.7 Å². The van der Waals surface area contributed by atoms with E-state index < -0.39 is 12.1 Å². The third-order valence-corrected chi connectivity index (χ3v) is 6.19. The summed E-state index contributed by atoms with van der Waals surface area (Å²) in [6.45, 7) is 1.17. The third kappa shape index (κ3) is 2.53. The van der Waals surface area contributed by atoms with E-state index in [0.29, 0.717) is 40.6 Å². The van der Waals surface area contributed by atoms with E-state index in [1.54, 1.807) is 10.6 Å². The standard InChI is InChI=1S/C22H19N3O6/c1-23-3-2-10-11-5-17-18(31-9-30-17)6-15(11)24-19-13(10)7-25-16(19)4-12-14(21(25)27)8-29-22(28)20(12)26/h4-6,20,23,26H,2-3,7-9H2,1H3/t20-/m0/s1. The van der Waals surface area contributed by atoms with Gasteiger partial charge in [0.05, 0.1) is 29.0 Å². The number of ether oxygens (including phenoxy) is 3. The predicted octanol–water partition coefficient (Wildman–Crippen LogP) is 1.01. The summed E-state index contributed by atoms with van der Waals surface area (Å²) < 4.78 is 17.7. The van der Waals surface area contributed by atoms with Crippen LogP contribution in [-0.4, -0.2) is 41.0 Å². The van der Waals surface area contributed by atoms with E-state index >= 15 is 0 Å². The zero-order valence-electron chi connectivity index (χ0n) is 16.7.